The number of hydrogen-bond donors (Lipinski definition) is 6. The molecule has 6 N–H and O–H groups in total. The van der Waals surface area contributed by atoms with Gasteiger partial charge in [-0.25, -0.2) is 0 Å². The molecule has 380 valence electrons. The summed E-state index contributed by atoms with van der Waals surface area (Å²) in [5.74, 6) is -0.186. The summed E-state index contributed by atoms with van der Waals surface area (Å²) < 4.78 is 11.2. The molecular weight excluding hydrogens is 815 g/mol. The lowest BCUT2D eigenvalue weighted by molar-refractivity contribution is -0.302. The lowest BCUT2D eigenvalue weighted by Gasteiger charge is -2.40. The number of aliphatic hydroxyl groups is 5. The van der Waals surface area contributed by atoms with Crippen molar-refractivity contribution in [2.24, 2.45) is 0 Å². The molecule has 0 aromatic rings. The van der Waals surface area contributed by atoms with E-state index < -0.39 is 49.5 Å². The predicted molar refractivity (Wildman–Crippen MR) is 272 cm³/mol. The van der Waals surface area contributed by atoms with Crippen LogP contribution in [-0.4, -0.2) is 87.5 Å². The zero-order valence-corrected chi connectivity index (χ0v) is 42.0. The third kappa shape index (κ3) is 35.9. The van der Waals surface area contributed by atoms with Crippen LogP contribution in [-0.2, 0) is 14.3 Å². The number of rotatable bonds is 46. The lowest BCUT2D eigenvalue weighted by Crippen LogP contribution is -2.60. The Balaban J connectivity index is 2.22. The number of amides is 1. The molecule has 0 spiro atoms. The highest BCUT2D eigenvalue weighted by atomic mass is 16.7. The van der Waals surface area contributed by atoms with Crippen LogP contribution >= 0.6 is 0 Å². The van der Waals surface area contributed by atoms with Gasteiger partial charge in [-0.15, -0.1) is 0 Å². The molecule has 0 saturated carbocycles. The third-order valence-corrected chi connectivity index (χ3v) is 12.9. The molecule has 9 nitrogen and oxygen atoms in total. The highest BCUT2D eigenvalue weighted by molar-refractivity contribution is 5.76. The first-order valence-corrected chi connectivity index (χ1v) is 27.4. The second kappa shape index (κ2) is 45.9. The predicted octanol–water partition coefficient (Wildman–Crippen LogP) is 13.0. The quantitative estimate of drug-likeness (QED) is 0.0261. The van der Waals surface area contributed by atoms with E-state index in [1.807, 2.05) is 6.08 Å². The van der Waals surface area contributed by atoms with E-state index in [1.54, 1.807) is 6.08 Å². The van der Waals surface area contributed by atoms with Crippen LogP contribution in [0.5, 0.6) is 0 Å². The number of unbranched alkanes of at least 4 members (excludes halogenated alkanes) is 30. The Morgan fingerprint density at radius 2 is 0.923 bits per heavy atom. The molecule has 1 amide bonds. The van der Waals surface area contributed by atoms with E-state index in [0.717, 1.165) is 44.9 Å². The Kier molecular flexibility index (Phi) is 43.2. The molecule has 1 saturated heterocycles. The normalized spacial score (nSPS) is 20.3. The number of ether oxygens (including phenoxy) is 2. The molecule has 1 rings (SSSR count). The van der Waals surface area contributed by atoms with Crippen LogP contribution in [0.3, 0.4) is 0 Å². The average Bonchev–Trinajstić information content (AvgIpc) is 3.31. The van der Waals surface area contributed by atoms with Crippen molar-refractivity contribution in [2.45, 2.75) is 288 Å². The van der Waals surface area contributed by atoms with Gasteiger partial charge in [0.25, 0.3) is 0 Å². The van der Waals surface area contributed by atoms with E-state index in [0.29, 0.717) is 6.42 Å². The van der Waals surface area contributed by atoms with Crippen molar-refractivity contribution in [3.8, 4) is 0 Å². The van der Waals surface area contributed by atoms with Crippen molar-refractivity contribution in [3.63, 3.8) is 0 Å². The van der Waals surface area contributed by atoms with E-state index in [2.05, 4.69) is 55.6 Å². The van der Waals surface area contributed by atoms with Crippen LogP contribution < -0.4 is 5.32 Å². The number of aliphatic hydroxyl groups excluding tert-OH is 5. The maximum atomic E-state index is 13.0. The zero-order chi connectivity index (χ0) is 47.3. The van der Waals surface area contributed by atoms with Crippen molar-refractivity contribution < 1.29 is 39.8 Å². The molecule has 7 atom stereocenters. The molecule has 1 heterocycles. The number of allylic oxidation sites excluding steroid dienone is 7. The van der Waals surface area contributed by atoms with Gasteiger partial charge in [-0.3, -0.25) is 4.79 Å². The van der Waals surface area contributed by atoms with Crippen molar-refractivity contribution >= 4 is 5.91 Å². The molecule has 1 fully saturated rings. The third-order valence-electron chi connectivity index (χ3n) is 12.9. The van der Waals surface area contributed by atoms with Crippen LogP contribution in [0, 0.1) is 0 Å². The average molecular weight is 918 g/mol. The lowest BCUT2D eigenvalue weighted by atomic mass is 9.99. The minimum absolute atomic E-state index is 0.186. The SMILES string of the molecule is CCCCCCC/C=C\C/C=C\CCCCCCCCCCCCCCCCCC(=O)NC(COC1OC(CO)C(O)C(O)C1O)C(O)/C=C/CC/C=C/CCCCCCCCCCC. The van der Waals surface area contributed by atoms with Gasteiger partial charge in [0, 0.05) is 6.42 Å². The molecule has 0 aromatic carbocycles. The number of hydrogen-bond acceptors (Lipinski definition) is 8. The fourth-order valence-corrected chi connectivity index (χ4v) is 8.50. The van der Waals surface area contributed by atoms with Gasteiger partial charge < -0.3 is 40.3 Å². The molecule has 1 aliphatic heterocycles. The highest BCUT2D eigenvalue weighted by Crippen LogP contribution is 2.23. The maximum Gasteiger partial charge on any atom is 0.220 e. The Labute approximate surface area is 399 Å². The zero-order valence-electron chi connectivity index (χ0n) is 42.0. The van der Waals surface area contributed by atoms with Gasteiger partial charge in [0.2, 0.25) is 5.91 Å². The van der Waals surface area contributed by atoms with E-state index in [1.165, 1.54) is 180 Å². The van der Waals surface area contributed by atoms with Crippen molar-refractivity contribution in [3.05, 3.63) is 48.6 Å². The topological polar surface area (TPSA) is 149 Å². The fraction of sp³-hybridized carbons (Fsp3) is 0.839. The number of carbonyl (C=O) groups is 1. The van der Waals surface area contributed by atoms with Crippen molar-refractivity contribution in [1.29, 1.82) is 0 Å². The second-order valence-electron chi connectivity index (χ2n) is 19.0. The molecule has 7 unspecified atom stereocenters. The number of nitrogens with one attached hydrogen (secondary N) is 1. The van der Waals surface area contributed by atoms with Gasteiger partial charge in [-0.05, 0) is 64.2 Å². The highest BCUT2D eigenvalue weighted by Gasteiger charge is 2.44. The standard InChI is InChI=1S/C56H103NO8/c1-3-5-7-9-11-13-15-17-19-20-21-22-23-24-25-26-27-28-29-30-32-34-36-38-40-42-44-46-52(60)57-49(48-64-56-55(63)54(62)53(61)51(47-58)65-56)50(59)45-43-41-39-37-35-33-31-18-16-14-12-10-8-6-4-2/h15,17,20-21,35,37,43,45,49-51,53-56,58-59,61-63H,3-14,16,18-19,22-34,36,38-42,44,46-48H2,1-2H3,(H,57,60)/b17-15-,21-20-,37-35+,45-43+. The summed E-state index contributed by atoms with van der Waals surface area (Å²) in [6, 6.07) is -0.821. The molecule has 0 bridgehead atoms. The van der Waals surface area contributed by atoms with E-state index in [-0.39, 0.29) is 12.5 Å². The molecule has 0 radical (unpaired) electrons. The molecule has 1 aliphatic rings. The summed E-state index contributed by atoms with van der Waals surface area (Å²) in [7, 11) is 0. The van der Waals surface area contributed by atoms with Crippen LogP contribution in [0.15, 0.2) is 48.6 Å². The number of carbonyl (C=O) groups excluding carboxylic acids is 1. The monoisotopic (exact) mass is 918 g/mol. The van der Waals surface area contributed by atoms with E-state index in [9.17, 15) is 30.3 Å². The Morgan fingerprint density at radius 1 is 0.523 bits per heavy atom. The second-order valence-corrected chi connectivity index (χ2v) is 19.0. The largest absolute Gasteiger partial charge is 0.394 e. The Morgan fingerprint density at radius 3 is 1.38 bits per heavy atom. The molecule has 9 heteroatoms. The molecule has 65 heavy (non-hydrogen) atoms. The van der Waals surface area contributed by atoms with Gasteiger partial charge >= 0.3 is 0 Å². The molecular formula is C56H103NO8. The van der Waals surface area contributed by atoms with Crippen LogP contribution in [0.2, 0.25) is 0 Å². The Hall–Kier alpha value is -1.85. The molecule has 0 aromatic heterocycles. The smallest absolute Gasteiger partial charge is 0.220 e. The van der Waals surface area contributed by atoms with Gasteiger partial charge in [-0.1, -0.05) is 223 Å². The minimum Gasteiger partial charge on any atom is -0.394 e. The van der Waals surface area contributed by atoms with Gasteiger partial charge in [0.1, 0.15) is 24.4 Å². The van der Waals surface area contributed by atoms with Gasteiger partial charge in [0.05, 0.1) is 25.4 Å². The van der Waals surface area contributed by atoms with Crippen molar-refractivity contribution in [2.75, 3.05) is 13.2 Å². The van der Waals surface area contributed by atoms with E-state index >= 15 is 0 Å². The first-order chi connectivity index (χ1) is 31.8. The minimum atomic E-state index is -1.57. The summed E-state index contributed by atoms with van der Waals surface area (Å²) in [5, 5.41) is 54.3. The molecule has 0 aliphatic carbocycles. The summed E-state index contributed by atoms with van der Waals surface area (Å²) in [6.07, 6.45) is 53.2. The van der Waals surface area contributed by atoms with Crippen LogP contribution in [0.1, 0.15) is 245 Å². The Bertz CT molecular complexity index is 1160. The summed E-state index contributed by atoms with van der Waals surface area (Å²) in [5.41, 5.74) is 0. The van der Waals surface area contributed by atoms with Gasteiger partial charge in [-0.2, -0.15) is 0 Å². The van der Waals surface area contributed by atoms with Crippen molar-refractivity contribution in [1.82, 2.24) is 5.32 Å². The summed E-state index contributed by atoms with van der Waals surface area (Å²) in [4.78, 5) is 13.0. The van der Waals surface area contributed by atoms with Gasteiger partial charge in [0.15, 0.2) is 6.29 Å². The summed E-state index contributed by atoms with van der Waals surface area (Å²) in [6.45, 7) is 3.76. The maximum absolute atomic E-state index is 13.0. The first-order valence-electron chi connectivity index (χ1n) is 27.4. The summed E-state index contributed by atoms with van der Waals surface area (Å²) >= 11 is 0. The first kappa shape index (κ1) is 61.2. The van der Waals surface area contributed by atoms with E-state index in [4.69, 9.17) is 9.47 Å². The fourth-order valence-electron chi connectivity index (χ4n) is 8.50. The van der Waals surface area contributed by atoms with Crippen LogP contribution in [0.4, 0.5) is 0 Å². The van der Waals surface area contributed by atoms with Crippen LogP contribution in [0.25, 0.3) is 0 Å².